The summed E-state index contributed by atoms with van der Waals surface area (Å²) in [6.45, 7) is 0. The van der Waals surface area contributed by atoms with Gasteiger partial charge in [0.15, 0.2) is 0 Å². The Morgan fingerprint density at radius 1 is 1.05 bits per heavy atom. The van der Waals surface area contributed by atoms with Gasteiger partial charge in [0.2, 0.25) is 0 Å². The number of hydrogen-bond acceptors (Lipinski definition) is 2. The molecule has 1 N–H and O–H groups in total. The Balaban J connectivity index is 2.55. The molecule has 0 bridgehead atoms. The minimum atomic E-state index is -1.20. The van der Waals surface area contributed by atoms with E-state index in [9.17, 15) is 13.6 Å². The number of aliphatic carboxylic acids is 1. The van der Waals surface area contributed by atoms with Gasteiger partial charge in [-0.1, -0.05) is 12.1 Å². The predicted molar refractivity (Wildman–Crippen MR) is 74.1 cm³/mol. The number of carboxylic acid groups (broad SMARTS) is 1. The molecule has 0 spiro atoms. The van der Waals surface area contributed by atoms with Crippen LogP contribution in [0.3, 0.4) is 0 Å². The summed E-state index contributed by atoms with van der Waals surface area (Å²) in [5.41, 5.74) is 0.881. The Morgan fingerprint density at radius 2 is 1.62 bits per heavy atom. The van der Waals surface area contributed by atoms with Gasteiger partial charge in [-0.3, -0.25) is 0 Å². The number of carbonyl (C=O) groups is 1. The lowest BCUT2D eigenvalue weighted by Crippen LogP contribution is -1.96. The van der Waals surface area contributed by atoms with E-state index in [0.29, 0.717) is 11.3 Å². The lowest BCUT2D eigenvalue weighted by atomic mass is 9.97. The van der Waals surface area contributed by atoms with Crippen LogP contribution in [-0.2, 0) is 4.79 Å². The van der Waals surface area contributed by atoms with Crippen molar-refractivity contribution in [3.63, 3.8) is 0 Å². The molecule has 2 rings (SSSR count). The summed E-state index contributed by atoms with van der Waals surface area (Å²) in [5.74, 6) is -2.14. The molecule has 0 aliphatic carbocycles. The highest BCUT2D eigenvalue weighted by molar-refractivity contribution is 5.95. The van der Waals surface area contributed by atoms with Gasteiger partial charge in [-0.25, -0.2) is 13.6 Å². The van der Waals surface area contributed by atoms with Crippen LogP contribution in [-0.4, -0.2) is 18.2 Å². The molecule has 0 fully saturated rings. The van der Waals surface area contributed by atoms with Crippen molar-refractivity contribution in [1.29, 1.82) is 0 Å². The topological polar surface area (TPSA) is 46.5 Å². The van der Waals surface area contributed by atoms with E-state index in [-0.39, 0.29) is 11.1 Å². The van der Waals surface area contributed by atoms with E-state index in [4.69, 9.17) is 9.84 Å². The summed E-state index contributed by atoms with van der Waals surface area (Å²) in [6, 6.07) is 9.42. The highest BCUT2D eigenvalue weighted by Crippen LogP contribution is 2.26. The van der Waals surface area contributed by atoms with E-state index in [1.54, 1.807) is 24.3 Å². The lowest BCUT2D eigenvalue weighted by molar-refractivity contribution is -0.131. The van der Waals surface area contributed by atoms with Crippen LogP contribution in [0.25, 0.3) is 5.57 Å². The van der Waals surface area contributed by atoms with Crippen molar-refractivity contribution in [2.45, 2.75) is 0 Å². The largest absolute Gasteiger partial charge is 0.497 e. The van der Waals surface area contributed by atoms with E-state index in [1.807, 2.05) is 0 Å². The fraction of sp³-hybridized carbons (Fsp3) is 0.0625. The van der Waals surface area contributed by atoms with Crippen molar-refractivity contribution in [1.82, 2.24) is 0 Å². The highest BCUT2D eigenvalue weighted by Gasteiger charge is 2.10. The summed E-state index contributed by atoms with van der Waals surface area (Å²) < 4.78 is 31.7. The Hall–Kier alpha value is -2.69. The fourth-order valence-corrected chi connectivity index (χ4v) is 1.94. The first-order valence-corrected chi connectivity index (χ1v) is 6.05. The predicted octanol–water partition coefficient (Wildman–Crippen LogP) is 3.49. The van der Waals surface area contributed by atoms with Crippen molar-refractivity contribution in [3.05, 3.63) is 71.3 Å². The molecule has 2 aromatic rings. The molecule has 21 heavy (non-hydrogen) atoms. The number of ether oxygens (including phenoxy) is 1. The number of hydrogen-bond donors (Lipinski definition) is 1. The minimum absolute atomic E-state index is 0.153. The van der Waals surface area contributed by atoms with Gasteiger partial charge >= 0.3 is 5.97 Å². The average Bonchev–Trinajstić information content (AvgIpc) is 2.43. The van der Waals surface area contributed by atoms with Crippen LogP contribution in [0.2, 0.25) is 0 Å². The van der Waals surface area contributed by atoms with Gasteiger partial charge in [0, 0.05) is 12.1 Å². The molecule has 0 aliphatic heterocycles. The standard InChI is InChI=1S/C16H12F2O3/c1-21-14-4-2-10(3-5-14)15(9-16(19)20)11-6-12(17)8-13(18)7-11/h2-9H,1H3,(H,19,20). The molecule has 2 aromatic carbocycles. The molecule has 5 heteroatoms. The van der Waals surface area contributed by atoms with E-state index >= 15 is 0 Å². The van der Waals surface area contributed by atoms with E-state index in [2.05, 4.69) is 0 Å². The molecule has 0 aromatic heterocycles. The molecule has 0 heterocycles. The first-order chi connectivity index (χ1) is 9.99. The second-order valence-electron chi connectivity index (χ2n) is 4.28. The van der Waals surface area contributed by atoms with E-state index in [1.165, 1.54) is 7.11 Å². The second-order valence-corrected chi connectivity index (χ2v) is 4.28. The van der Waals surface area contributed by atoms with Gasteiger partial charge in [-0.05, 0) is 41.0 Å². The summed E-state index contributed by atoms with van der Waals surface area (Å²) in [5, 5.41) is 8.96. The van der Waals surface area contributed by atoms with Crippen LogP contribution in [0.4, 0.5) is 8.78 Å². The van der Waals surface area contributed by atoms with Crippen molar-refractivity contribution < 1.29 is 23.4 Å². The van der Waals surface area contributed by atoms with Crippen LogP contribution in [0.15, 0.2) is 48.5 Å². The maximum Gasteiger partial charge on any atom is 0.328 e. The fourth-order valence-electron chi connectivity index (χ4n) is 1.94. The van der Waals surface area contributed by atoms with E-state index in [0.717, 1.165) is 24.3 Å². The Labute approximate surface area is 120 Å². The molecule has 3 nitrogen and oxygen atoms in total. The Bertz CT molecular complexity index is 671. The summed E-state index contributed by atoms with van der Waals surface area (Å²) in [4.78, 5) is 11.0. The van der Waals surface area contributed by atoms with Crippen molar-refractivity contribution in [3.8, 4) is 5.75 Å². The van der Waals surface area contributed by atoms with Crippen LogP contribution < -0.4 is 4.74 Å². The van der Waals surface area contributed by atoms with Gasteiger partial charge in [-0.15, -0.1) is 0 Å². The average molecular weight is 290 g/mol. The third kappa shape index (κ3) is 3.66. The van der Waals surface area contributed by atoms with Crippen LogP contribution in [0, 0.1) is 11.6 Å². The van der Waals surface area contributed by atoms with Gasteiger partial charge in [-0.2, -0.15) is 0 Å². The number of carboxylic acids is 1. The Morgan fingerprint density at radius 3 is 2.10 bits per heavy atom. The lowest BCUT2D eigenvalue weighted by Gasteiger charge is -2.09. The maximum absolute atomic E-state index is 13.3. The SMILES string of the molecule is COc1ccc(C(=CC(=O)O)c2cc(F)cc(F)c2)cc1. The zero-order valence-corrected chi connectivity index (χ0v) is 11.1. The van der Waals surface area contributed by atoms with Crippen LogP contribution in [0.1, 0.15) is 11.1 Å². The molecule has 0 atom stereocenters. The van der Waals surface area contributed by atoms with Gasteiger partial charge in [0.1, 0.15) is 17.4 Å². The van der Waals surface area contributed by atoms with Crippen molar-refractivity contribution in [2.24, 2.45) is 0 Å². The summed E-state index contributed by atoms with van der Waals surface area (Å²) in [6.07, 6.45) is 0.913. The highest BCUT2D eigenvalue weighted by atomic mass is 19.1. The summed E-state index contributed by atoms with van der Waals surface area (Å²) >= 11 is 0. The molecule has 0 unspecified atom stereocenters. The second kappa shape index (κ2) is 6.17. The number of halogens is 2. The molecule has 0 amide bonds. The quantitative estimate of drug-likeness (QED) is 0.877. The molecular formula is C16H12F2O3. The molecule has 0 saturated carbocycles. The Kier molecular flexibility index (Phi) is 4.33. The third-order valence-corrected chi connectivity index (χ3v) is 2.84. The van der Waals surface area contributed by atoms with Crippen LogP contribution >= 0.6 is 0 Å². The summed E-state index contributed by atoms with van der Waals surface area (Å²) in [7, 11) is 1.50. The minimum Gasteiger partial charge on any atom is -0.497 e. The molecule has 0 radical (unpaired) electrons. The smallest absolute Gasteiger partial charge is 0.328 e. The third-order valence-electron chi connectivity index (χ3n) is 2.84. The van der Waals surface area contributed by atoms with Crippen molar-refractivity contribution in [2.75, 3.05) is 7.11 Å². The van der Waals surface area contributed by atoms with Gasteiger partial charge < -0.3 is 9.84 Å². The molecule has 0 saturated heterocycles. The number of benzene rings is 2. The zero-order valence-electron chi connectivity index (χ0n) is 11.1. The molecule has 0 aliphatic rings. The van der Waals surface area contributed by atoms with Crippen molar-refractivity contribution >= 4 is 11.5 Å². The first-order valence-electron chi connectivity index (χ1n) is 6.05. The number of methoxy groups -OCH3 is 1. The van der Waals surface area contributed by atoms with E-state index < -0.39 is 17.6 Å². The number of rotatable bonds is 4. The molecule has 108 valence electrons. The molecular weight excluding hydrogens is 278 g/mol. The van der Waals surface area contributed by atoms with Gasteiger partial charge in [0.05, 0.1) is 7.11 Å². The normalized spacial score (nSPS) is 11.3. The van der Waals surface area contributed by atoms with Crippen LogP contribution in [0.5, 0.6) is 5.75 Å². The maximum atomic E-state index is 13.3. The zero-order chi connectivity index (χ0) is 15.4. The first kappa shape index (κ1) is 14.7. The monoisotopic (exact) mass is 290 g/mol. The van der Waals surface area contributed by atoms with Gasteiger partial charge in [0.25, 0.3) is 0 Å².